The van der Waals surface area contributed by atoms with Crippen LogP contribution in [-0.2, 0) is 9.53 Å². The Bertz CT molecular complexity index is 1010. The predicted molar refractivity (Wildman–Crippen MR) is 123 cm³/mol. The highest BCUT2D eigenvalue weighted by Gasteiger charge is 2.36. The predicted octanol–water partition coefficient (Wildman–Crippen LogP) is 4.34. The van der Waals surface area contributed by atoms with Crippen molar-refractivity contribution in [2.75, 3.05) is 20.8 Å². The van der Waals surface area contributed by atoms with E-state index in [1.165, 1.54) is 0 Å². The summed E-state index contributed by atoms with van der Waals surface area (Å²) in [4.78, 5) is 25.8. The molecule has 0 aromatic heterocycles. The molecule has 2 aromatic rings. The summed E-state index contributed by atoms with van der Waals surface area (Å²) in [6, 6.07) is 11.0. The summed E-state index contributed by atoms with van der Waals surface area (Å²) in [7, 11) is 3.16. The minimum atomic E-state index is -0.570. The monoisotopic (exact) mass is 437 g/mol. The second-order valence-corrected chi connectivity index (χ2v) is 8.02. The zero-order chi connectivity index (χ0) is 23.3. The molecule has 3 rings (SSSR count). The second kappa shape index (κ2) is 10.4. The van der Waals surface area contributed by atoms with Crippen LogP contribution in [0.3, 0.4) is 0 Å². The highest BCUT2D eigenvalue weighted by atomic mass is 16.5. The average molecular weight is 438 g/mol. The number of methoxy groups -OCH3 is 2. The van der Waals surface area contributed by atoms with Gasteiger partial charge in [0, 0.05) is 17.2 Å². The van der Waals surface area contributed by atoms with E-state index in [2.05, 4.69) is 5.32 Å². The summed E-state index contributed by atoms with van der Waals surface area (Å²) in [6.07, 6.45) is 4.51. The van der Waals surface area contributed by atoms with Gasteiger partial charge in [-0.2, -0.15) is 0 Å². The van der Waals surface area contributed by atoms with Crippen LogP contribution in [-0.4, -0.2) is 38.7 Å². The number of rotatable bonds is 8. The molecule has 0 spiro atoms. The maximum atomic E-state index is 13.0. The van der Waals surface area contributed by atoms with Gasteiger partial charge in [0.25, 0.3) is 5.91 Å². The molecule has 3 atom stereocenters. The molecule has 0 saturated heterocycles. The smallest absolute Gasteiger partial charge is 0.314 e. The Balaban J connectivity index is 1.82. The largest absolute Gasteiger partial charge is 0.497 e. The molecule has 0 saturated carbocycles. The third-order valence-electron chi connectivity index (χ3n) is 5.80. The molecule has 0 bridgehead atoms. The van der Waals surface area contributed by atoms with Gasteiger partial charge in [0.1, 0.15) is 11.5 Å². The molecule has 2 aromatic carbocycles. The highest BCUT2D eigenvalue weighted by Crippen LogP contribution is 2.40. The van der Waals surface area contributed by atoms with E-state index < -0.39 is 5.92 Å². The number of benzene rings is 2. The van der Waals surface area contributed by atoms with Crippen LogP contribution >= 0.6 is 0 Å². The van der Waals surface area contributed by atoms with Crippen LogP contribution in [0.2, 0.25) is 0 Å². The van der Waals surface area contributed by atoms with Crippen molar-refractivity contribution < 1.29 is 23.8 Å². The van der Waals surface area contributed by atoms with Crippen LogP contribution in [0.5, 0.6) is 11.5 Å². The first-order chi connectivity index (χ1) is 15.4. The average Bonchev–Trinajstić information content (AvgIpc) is 3.21. The van der Waals surface area contributed by atoms with Crippen LogP contribution in [0, 0.1) is 19.8 Å². The van der Waals surface area contributed by atoms with Crippen molar-refractivity contribution in [2.45, 2.75) is 39.2 Å². The van der Waals surface area contributed by atoms with E-state index in [0.717, 1.165) is 11.1 Å². The maximum Gasteiger partial charge on any atom is 0.314 e. The van der Waals surface area contributed by atoms with Crippen LogP contribution in [0.15, 0.2) is 48.6 Å². The van der Waals surface area contributed by atoms with Crippen molar-refractivity contribution in [3.63, 3.8) is 0 Å². The van der Waals surface area contributed by atoms with E-state index in [-0.39, 0.29) is 30.4 Å². The standard InChI is InChI=1S/C26H31NO5/c1-6-32-26(29)24(22-15-20(30-4)10-12-23(22)31-5)18-8-9-19(14-18)27-25(28)21-11-7-16(2)13-17(21)3/h7-13,15,18-19,24H,6,14H2,1-5H3,(H,27,28)/t18-,19-,24+/m1/s1. The molecule has 0 fully saturated rings. The minimum absolute atomic E-state index is 0.121. The van der Waals surface area contributed by atoms with Gasteiger partial charge in [-0.1, -0.05) is 29.8 Å². The number of carbonyl (C=O) groups is 2. The molecule has 32 heavy (non-hydrogen) atoms. The third-order valence-corrected chi connectivity index (χ3v) is 5.80. The molecule has 6 heteroatoms. The van der Waals surface area contributed by atoms with Gasteiger partial charge in [0.05, 0.1) is 26.7 Å². The van der Waals surface area contributed by atoms with Crippen molar-refractivity contribution in [2.24, 2.45) is 5.92 Å². The fourth-order valence-electron chi connectivity index (χ4n) is 4.24. The van der Waals surface area contributed by atoms with Crippen molar-refractivity contribution in [3.8, 4) is 11.5 Å². The van der Waals surface area contributed by atoms with Crippen molar-refractivity contribution in [1.29, 1.82) is 0 Å². The Morgan fingerprint density at radius 3 is 2.50 bits per heavy atom. The van der Waals surface area contributed by atoms with Gasteiger partial charge in [-0.15, -0.1) is 0 Å². The number of hydrogen-bond donors (Lipinski definition) is 1. The van der Waals surface area contributed by atoms with Gasteiger partial charge in [-0.05, 0) is 62.9 Å². The van der Waals surface area contributed by atoms with Gasteiger partial charge < -0.3 is 19.5 Å². The lowest BCUT2D eigenvalue weighted by molar-refractivity contribution is -0.146. The van der Waals surface area contributed by atoms with Crippen LogP contribution < -0.4 is 14.8 Å². The summed E-state index contributed by atoms with van der Waals surface area (Å²) in [5, 5.41) is 3.08. The SMILES string of the molecule is CCOC(=O)[C@H](c1cc(OC)ccc1OC)[C@@H]1C=C[C@@H](NC(=O)c2ccc(C)cc2C)C1. The fraction of sp³-hybridized carbons (Fsp3) is 0.385. The van der Waals surface area contributed by atoms with Gasteiger partial charge in [-0.3, -0.25) is 9.59 Å². The van der Waals surface area contributed by atoms with Gasteiger partial charge >= 0.3 is 5.97 Å². The van der Waals surface area contributed by atoms with Gasteiger partial charge in [-0.25, -0.2) is 0 Å². The third kappa shape index (κ3) is 5.13. The minimum Gasteiger partial charge on any atom is -0.497 e. The van der Waals surface area contributed by atoms with Crippen LogP contribution in [0.25, 0.3) is 0 Å². The molecule has 0 heterocycles. The summed E-state index contributed by atoms with van der Waals surface area (Å²) >= 11 is 0. The Hall–Kier alpha value is -3.28. The molecule has 1 amide bonds. The van der Waals surface area contributed by atoms with Gasteiger partial charge in [0.2, 0.25) is 0 Å². The summed E-state index contributed by atoms with van der Waals surface area (Å²) in [6.45, 7) is 6.00. The van der Waals surface area contributed by atoms with E-state index in [4.69, 9.17) is 14.2 Å². The molecule has 1 aliphatic rings. The zero-order valence-corrected chi connectivity index (χ0v) is 19.3. The quantitative estimate of drug-likeness (QED) is 0.491. The Labute approximate surface area is 189 Å². The Morgan fingerprint density at radius 1 is 1.06 bits per heavy atom. The first kappa shape index (κ1) is 23.4. The summed E-state index contributed by atoms with van der Waals surface area (Å²) in [5.74, 6) is 0.0648. The fourth-order valence-corrected chi connectivity index (χ4v) is 4.24. The molecular formula is C26H31NO5. The molecule has 0 aliphatic heterocycles. The number of esters is 1. The first-order valence-electron chi connectivity index (χ1n) is 10.8. The van der Waals surface area contributed by atoms with Crippen LogP contribution in [0.1, 0.15) is 46.3 Å². The second-order valence-electron chi connectivity index (χ2n) is 8.02. The number of ether oxygens (including phenoxy) is 3. The van der Waals surface area contributed by atoms with Crippen molar-refractivity contribution in [1.82, 2.24) is 5.32 Å². The molecule has 170 valence electrons. The van der Waals surface area contributed by atoms with E-state index >= 15 is 0 Å². The maximum absolute atomic E-state index is 13.0. The molecular weight excluding hydrogens is 406 g/mol. The van der Waals surface area contributed by atoms with E-state index in [1.807, 2.05) is 50.3 Å². The van der Waals surface area contributed by atoms with Crippen LogP contribution in [0.4, 0.5) is 0 Å². The van der Waals surface area contributed by atoms with E-state index in [1.54, 1.807) is 33.3 Å². The number of amides is 1. The lowest BCUT2D eigenvalue weighted by Crippen LogP contribution is -2.34. The van der Waals surface area contributed by atoms with Crippen molar-refractivity contribution in [3.05, 3.63) is 70.8 Å². The molecule has 0 radical (unpaired) electrons. The van der Waals surface area contributed by atoms with Crippen molar-refractivity contribution >= 4 is 11.9 Å². The lowest BCUT2D eigenvalue weighted by Gasteiger charge is -2.24. The zero-order valence-electron chi connectivity index (χ0n) is 19.3. The number of hydrogen-bond acceptors (Lipinski definition) is 5. The number of carbonyl (C=O) groups excluding carboxylic acids is 2. The Morgan fingerprint density at radius 2 is 1.84 bits per heavy atom. The molecule has 1 N–H and O–H groups in total. The molecule has 0 unspecified atom stereocenters. The van der Waals surface area contributed by atoms with E-state index in [9.17, 15) is 9.59 Å². The number of allylic oxidation sites excluding steroid dienone is 1. The number of nitrogens with one attached hydrogen (secondary N) is 1. The Kier molecular flexibility index (Phi) is 7.57. The highest BCUT2D eigenvalue weighted by molar-refractivity contribution is 5.96. The summed E-state index contributed by atoms with van der Waals surface area (Å²) < 4.78 is 16.3. The summed E-state index contributed by atoms with van der Waals surface area (Å²) in [5.41, 5.74) is 3.42. The first-order valence-corrected chi connectivity index (χ1v) is 10.8. The molecule has 6 nitrogen and oxygen atoms in total. The molecule has 1 aliphatic carbocycles. The lowest BCUT2D eigenvalue weighted by atomic mass is 9.84. The van der Waals surface area contributed by atoms with E-state index in [0.29, 0.717) is 29.0 Å². The topological polar surface area (TPSA) is 73.9 Å². The normalized spacial score (nSPS) is 18.2. The van der Waals surface area contributed by atoms with Gasteiger partial charge in [0.15, 0.2) is 0 Å². The number of aryl methyl sites for hydroxylation is 2.